The highest BCUT2D eigenvalue weighted by atomic mass is 79.9. The van der Waals surface area contributed by atoms with Crippen LogP contribution >= 0.6 is 15.9 Å². The van der Waals surface area contributed by atoms with Gasteiger partial charge in [0.15, 0.2) is 0 Å². The molecule has 2 aromatic heterocycles. The van der Waals surface area contributed by atoms with Gasteiger partial charge in [0.25, 0.3) is 0 Å². The lowest BCUT2D eigenvalue weighted by Crippen LogP contribution is -2.34. The normalized spacial score (nSPS) is 23.3. The number of aromatic nitrogens is 2. The van der Waals surface area contributed by atoms with E-state index in [0.29, 0.717) is 11.5 Å². The van der Waals surface area contributed by atoms with Crippen molar-refractivity contribution in [3.63, 3.8) is 0 Å². The minimum absolute atomic E-state index is 0.323. The molecule has 0 N–H and O–H groups in total. The van der Waals surface area contributed by atoms with Gasteiger partial charge in [0, 0.05) is 40.9 Å². The van der Waals surface area contributed by atoms with E-state index in [2.05, 4.69) is 69.6 Å². The summed E-state index contributed by atoms with van der Waals surface area (Å²) in [5.41, 5.74) is 1.42. The second kappa shape index (κ2) is 4.60. The monoisotopic (exact) mass is 321 g/mol. The molecule has 19 heavy (non-hydrogen) atoms. The number of halogens is 1. The first-order valence-electron chi connectivity index (χ1n) is 6.77. The fourth-order valence-corrected chi connectivity index (χ4v) is 3.51. The van der Waals surface area contributed by atoms with E-state index in [0.717, 1.165) is 16.7 Å². The van der Waals surface area contributed by atoms with Crippen molar-refractivity contribution in [2.24, 2.45) is 5.92 Å². The van der Waals surface area contributed by atoms with E-state index in [1.807, 2.05) is 6.20 Å². The van der Waals surface area contributed by atoms with Crippen LogP contribution in [0.5, 0.6) is 0 Å². The van der Waals surface area contributed by atoms with Crippen LogP contribution in [-0.2, 0) is 6.54 Å². The number of likely N-dealkylation sites (tertiary alicyclic amines) is 1. The highest BCUT2D eigenvalue weighted by Gasteiger charge is 2.35. The van der Waals surface area contributed by atoms with Crippen LogP contribution < -0.4 is 0 Å². The Bertz CT molecular complexity index is 602. The quantitative estimate of drug-likeness (QED) is 0.843. The van der Waals surface area contributed by atoms with Gasteiger partial charge in [-0.3, -0.25) is 0 Å². The Morgan fingerprint density at radius 1 is 1.47 bits per heavy atom. The Hall–Kier alpha value is -0.870. The Balaban J connectivity index is 1.83. The second-order valence-corrected chi connectivity index (χ2v) is 7.21. The summed E-state index contributed by atoms with van der Waals surface area (Å²) in [6, 6.07) is 4.28. The summed E-state index contributed by atoms with van der Waals surface area (Å²) in [7, 11) is 2.23. The lowest BCUT2D eigenvalue weighted by Gasteiger charge is -2.26. The first-order valence-corrected chi connectivity index (χ1v) is 7.57. The van der Waals surface area contributed by atoms with E-state index in [9.17, 15) is 0 Å². The maximum Gasteiger partial charge on any atom is 0.139 e. The van der Waals surface area contributed by atoms with Crippen molar-refractivity contribution >= 4 is 27.0 Å². The van der Waals surface area contributed by atoms with Crippen LogP contribution in [0.1, 0.15) is 20.3 Å². The van der Waals surface area contributed by atoms with Crippen LogP contribution in [0.15, 0.2) is 29.0 Å². The van der Waals surface area contributed by atoms with E-state index < -0.39 is 0 Å². The zero-order valence-corrected chi connectivity index (χ0v) is 13.3. The van der Waals surface area contributed by atoms with Crippen molar-refractivity contribution in [3.05, 3.63) is 29.0 Å². The molecule has 0 aromatic carbocycles. The topological polar surface area (TPSA) is 21.1 Å². The van der Waals surface area contributed by atoms with Gasteiger partial charge in [-0.2, -0.15) is 0 Å². The van der Waals surface area contributed by atoms with Gasteiger partial charge in [-0.1, -0.05) is 0 Å². The molecule has 1 atom stereocenters. The third-order valence-corrected chi connectivity index (χ3v) is 4.81. The summed E-state index contributed by atoms with van der Waals surface area (Å²) in [4.78, 5) is 7.01. The van der Waals surface area contributed by atoms with Gasteiger partial charge in [-0.25, -0.2) is 4.98 Å². The van der Waals surface area contributed by atoms with Gasteiger partial charge in [-0.15, -0.1) is 0 Å². The number of rotatable bonds is 2. The highest BCUT2D eigenvalue weighted by molar-refractivity contribution is 9.10. The zero-order chi connectivity index (χ0) is 13.6. The maximum absolute atomic E-state index is 4.54. The fourth-order valence-electron chi connectivity index (χ4n) is 3.16. The summed E-state index contributed by atoms with van der Waals surface area (Å²) < 4.78 is 3.33. The predicted molar refractivity (Wildman–Crippen MR) is 82.2 cm³/mol. The summed E-state index contributed by atoms with van der Waals surface area (Å²) in [5, 5.41) is 1.21. The fraction of sp³-hybridized carbons (Fsp3) is 0.533. The molecule has 3 heterocycles. The molecule has 4 heteroatoms. The van der Waals surface area contributed by atoms with Crippen molar-refractivity contribution < 1.29 is 0 Å². The van der Waals surface area contributed by atoms with Crippen LogP contribution in [0.25, 0.3) is 11.0 Å². The molecule has 3 rings (SSSR count). The maximum atomic E-state index is 4.54. The van der Waals surface area contributed by atoms with E-state index in [-0.39, 0.29) is 0 Å². The van der Waals surface area contributed by atoms with Crippen molar-refractivity contribution in [3.8, 4) is 0 Å². The molecule has 0 bridgehead atoms. The summed E-state index contributed by atoms with van der Waals surface area (Å²) in [6.45, 7) is 6.89. The minimum atomic E-state index is 0.323. The molecular formula is C15H20BrN3. The van der Waals surface area contributed by atoms with Crippen molar-refractivity contribution in [2.45, 2.75) is 32.4 Å². The van der Waals surface area contributed by atoms with Crippen LogP contribution in [-0.4, -0.2) is 33.6 Å². The van der Waals surface area contributed by atoms with Gasteiger partial charge in [-0.05, 0) is 61.3 Å². The lowest BCUT2D eigenvalue weighted by molar-refractivity contribution is 0.218. The summed E-state index contributed by atoms with van der Waals surface area (Å²) >= 11 is 3.47. The first-order chi connectivity index (χ1) is 8.95. The Morgan fingerprint density at radius 2 is 2.26 bits per heavy atom. The van der Waals surface area contributed by atoms with Crippen LogP contribution in [0, 0.1) is 5.92 Å². The van der Waals surface area contributed by atoms with Crippen molar-refractivity contribution in [1.29, 1.82) is 0 Å². The Morgan fingerprint density at radius 3 is 2.95 bits per heavy atom. The Labute approximate surface area is 122 Å². The number of fused-ring (bicyclic) bond motifs is 1. The highest BCUT2D eigenvalue weighted by Crippen LogP contribution is 2.32. The third kappa shape index (κ3) is 2.43. The molecule has 3 nitrogen and oxygen atoms in total. The molecule has 0 radical (unpaired) electrons. The smallest absolute Gasteiger partial charge is 0.139 e. The SMILES string of the molecule is CN1CC(Cn2ccc3cc(Br)cnc32)CC1(C)C. The number of pyridine rings is 1. The molecule has 0 saturated carbocycles. The largest absolute Gasteiger partial charge is 0.332 e. The standard InChI is InChI=1S/C15H20BrN3/c1-15(2)7-11(9-18(15)3)10-19-5-4-12-6-13(16)8-17-14(12)19/h4-6,8,11H,7,9-10H2,1-3H3. The predicted octanol–water partition coefficient (Wildman–Crippen LogP) is 3.53. The van der Waals surface area contributed by atoms with Crippen molar-refractivity contribution in [2.75, 3.05) is 13.6 Å². The molecule has 0 amide bonds. The number of hydrogen-bond acceptors (Lipinski definition) is 2. The molecule has 1 unspecified atom stereocenters. The van der Waals surface area contributed by atoms with E-state index in [1.165, 1.54) is 18.4 Å². The molecule has 2 aromatic rings. The molecule has 1 saturated heterocycles. The third-order valence-electron chi connectivity index (χ3n) is 4.38. The Kier molecular flexibility index (Phi) is 3.18. The van der Waals surface area contributed by atoms with E-state index in [4.69, 9.17) is 0 Å². The lowest BCUT2D eigenvalue weighted by atomic mass is 9.96. The summed E-state index contributed by atoms with van der Waals surface area (Å²) in [5.74, 6) is 0.709. The van der Waals surface area contributed by atoms with Gasteiger partial charge in [0.1, 0.15) is 5.65 Å². The average Bonchev–Trinajstić information content (AvgIpc) is 2.81. The van der Waals surface area contributed by atoms with Gasteiger partial charge < -0.3 is 9.47 Å². The van der Waals surface area contributed by atoms with Crippen LogP contribution in [0.4, 0.5) is 0 Å². The number of hydrogen-bond donors (Lipinski definition) is 0. The molecule has 0 aliphatic carbocycles. The molecule has 0 spiro atoms. The average molecular weight is 322 g/mol. The second-order valence-electron chi connectivity index (χ2n) is 6.30. The molecule has 1 fully saturated rings. The first kappa shape index (κ1) is 13.1. The van der Waals surface area contributed by atoms with Gasteiger partial charge in [0.05, 0.1) is 0 Å². The van der Waals surface area contributed by atoms with E-state index >= 15 is 0 Å². The van der Waals surface area contributed by atoms with Crippen LogP contribution in [0.3, 0.4) is 0 Å². The molecule has 1 aliphatic rings. The molecular weight excluding hydrogens is 302 g/mol. The summed E-state index contributed by atoms with van der Waals surface area (Å²) in [6.07, 6.45) is 5.29. The van der Waals surface area contributed by atoms with E-state index in [1.54, 1.807) is 0 Å². The van der Waals surface area contributed by atoms with Gasteiger partial charge in [0.2, 0.25) is 0 Å². The van der Waals surface area contributed by atoms with Crippen LogP contribution in [0.2, 0.25) is 0 Å². The zero-order valence-electron chi connectivity index (χ0n) is 11.7. The van der Waals surface area contributed by atoms with Gasteiger partial charge >= 0.3 is 0 Å². The minimum Gasteiger partial charge on any atom is -0.332 e. The van der Waals surface area contributed by atoms with Crippen molar-refractivity contribution in [1.82, 2.24) is 14.5 Å². The number of nitrogens with zero attached hydrogens (tertiary/aromatic N) is 3. The molecule has 1 aliphatic heterocycles. The molecule has 102 valence electrons.